The third-order valence-electron chi connectivity index (χ3n) is 2.74. The molecule has 1 amide bonds. The van der Waals surface area contributed by atoms with E-state index in [2.05, 4.69) is 5.32 Å². The monoisotopic (exact) mass is 316 g/mol. The number of carbonyl (C=O) groups excluding carboxylic acids is 2. The smallest absolute Gasteiger partial charge is 0.320 e. The van der Waals surface area contributed by atoms with Gasteiger partial charge in [-0.05, 0) is 36.4 Å². The third kappa shape index (κ3) is 4.81. The van der Waals surface area contributed by atoms with E-state index in [9.17, 15) is 19.7 Å². The van der Waals surface area contributed by atoms with Crippen molar-refractivity contribution in [2.45, 2.75) is 6.42 Å². The van der Waals surface area contributed by atoms with Crippen LogP contribution in [0.15, 0.2) is 48.5 Å². The maximum absolute atomic E-state index is 11.7. The molecule has 0 saturated carbocycles. The zero-order chi connectivity index (χ0) is 16.8. The summed E-state index contributed by atoms with van der Waals surface area (Å²) in [6, 6.07) is 10.7. The highest BCUT2D eigenvalue weighted by atomic mass is 16.6. The molecule has 0 radical (unpaired) electrons. The number of phenolic OH excluding ortho intramolecular Hbond substituents is 1. The fraction of sp³-hybridized carbons (Fsp3) is 0.0667. The molecule has 8 nitrogen and oxygen atoms in total. The van der Waals surface area contributed by atoms with Crippen LogP contribution in [0.1, 0.15) is 6.42 Å². The minimum atomic E-state index is -0.796. The highest BCUT2D eigenvalue weighted by Crippen LogP contribution is 2.18. The maximum Gasteiger partial charge on any atom is 0.320 e. The minimum absolute atomic E-state index is 0.0561. The molecule has 0 fully saturated rings. The average molecular weight is 316 g/mol. The molecule has 23 heavy (non-hydrogen) atoms. The number of amides is 1. The summed E-state index contributed by atoms with van der Waals surface area (Å²) in [6.07, 6.45) is -0.516. The van der Waals surface area contributed by atoms with Gasteiger partial charge in [0.05, 0.1) is 4.92 Å². The predicted molar refractivity (Wildman–Crippen MR) is 80.1 cm³/mol. The minimum Gasteiger partial charge on any atom is -0.508 e. The molecule has 0 aliphatic rings. The number of ether oxygens (including phenoxy) is 1. The predicted octanol–water partition coefficient (Wildman–Crippen LogP) is 2.23. The number of hydrogen-bond acceptors (Lipinski definition) is 6. The van der Waals surface area contributed by atoms with Gasteiger partial charge in [-0.3, -0.25) is 19.7 Å². The molecule has 0 atom stereocenters. The topological polar surface area (TPSA) is 119 Å². The van der Waals surface area contributed by atoms with Gasteiger partial charge in [-0.15, -0.1) is 0 Å². The van der Waals surface area contributed by atoms with E-state index in [1.54, 1.807) is 0 Å². The molecule has 2 aromatic rings. The summed E-state index contributed by atoms with van der Waals surface area (Å²) in [5.74, 6) is -1.21. The van der Waals surface area contributed by atoms with Crippen molar-refractivity contribution in [3.63, 3.8) is 0 Å². The lowest BCUT2D eigenvalue weighted by Gasteiger charge is -2.06. The summed E-state index contributed by atoms with van der Waals surface area (Å²) in [7, 11) is 0. The molecule has 0 heterocycles. The van der Waals surface area contributed by atoms with Crippen LogP contribution in [0.5, 0.6) is 11.5 Å². The lowest BCUT2D eigenvalue weighted by molar-refractivity contribution is -0.384. The number of phenols is 1. The van der Waals surface area contributed by atoms with Crippen molar-refractivity contribution in [2.75, 3.05) is 5.32 Å². The van der Waals surface area contributed by atoms with Gasteiger partial charge in [-0.25, -0.2) is 0 Å². The average Bonchev–Trinajstić information content (AvgIpc) is 2.50. The number of hydrogen-bond donors (Lipinski definition) is 2. The second kappa shape index (κ2) is 7.03. The molecule has 0 aromatic heterocycles. The van der Waals surface area contributed by atoms with Crippen molar-refractivity contribution in [3.05, 3.63) is 58.6 Å². The number of nitrogens with zero attached hydrogens (tertiary/aromatic N) is 1. The summed E-state index contributed by atoms with van der Waals surface area (Å²) in [6.45, 7) is 0. The largest absolute Gasteiger partial charge is 0.508 e. The fourth-order valence-electron chi connectivity index (χ4n) is 1.68. The second-order valence-corrected chi connectivity index (χ2v) is 4.50. The number of carbonyl (C=O) groups is 2. The van der Waals surface area contributed by atoms with E-state index >= 15 is 0 Å². The van der Waals surface area contributed by atoms with Crippen LogP contribution in [0.25, 0.3) is 0 Å². The molecule has 2 rings (SSSR count). The number of nitro benzene ring substituents is 1. The number of rotatable bonds is 5. The van der Waals surface area contributed by atoms with E-state index in [0.717, 1.165) is 0 Å². The van der Waals surface area contributed by atoms with E-state index < -0.39 is 23.2 Å². The number of nitrogens with one attached hydrogen (secondary N) is 1. The van der Waals surface area contributed by atoms with Gasteiger partial charge in [0.1, 0.15) is 17.9 Å². The molecule has 2 N–H and O–H groups in total. The lowest BCUT2D eigenvalue weighted by atomic mass is 10.3. The standard InChI is InChI=1S/C15H12N2O6/c18-12-5-1-10(2-6-12)16-14(19)9-15(20)23-13-7-3-11(4-8-13)17(21)22/h1-8,18H,9H2,(H,16,19). The Hall–Kier alpha value is -3.42. The molecule has 0 aliphatic heterocycles. The van der Waals surface area contributed by atoms with E-state index in [4.69, 9.17) is 9.84 Å². The van der Waals surface area contributed by atoms with Crippen LogP contribution in [0.3, 0.4) is 0 Å². The molecule has 0 spiro atoms. The molecule has 8 heteroatoms. The van der Waals surface area contributed by atoms with Gasteiger partial charge in [0.25, 0.3) is 5.69 Å². The summed E-state index contributed by atoms with van der Waals surface area (Å²) < 4.78 is 4.91. The van der Waals surface area contributed by atoms with Gasteiger partial charge in [-0.2, -0.15) is 0 Å². The first-order valence-corrected chi connectivity index (χ1v) is 6.48. The third-order valence-corrected chi connectivity index (χ3v) is 2.74. The highest BCUT2D eigenvalue weighted by Gasteiger charge is 2.13. The van der Waals surface area contributed by atoms with Gasteiger partial charge in [0.15, 0.2) is 0 Å². The van der Waals surface area contributed by atoms with Crippen molar-refractivity contribution in [2.24, 2.45) is 0 Å². The van der Waals surface area contributed by atoms with Gasteiger partial charge in [0, 0.05) is 17.8 Å². The quantitative estimate of drug-likeness (QED) is 0.218. The van der Waals surface area contributed by atoms with Crippen LogP contribution in [-0.4, -0.2) is 21.9 Å². The number of aromatic hydroxyl groups is 1. The summed E-state index contributed by atoms with van der Waals surface area (Å²) in [5, 5.41) is 22.1. The number of esters is 1. The Kier molecular flexibility index (Phi) is 4.88. The zero-order valence-corrected chi connectivity index (χ0v) is 11.8. The van der Waals surface area contributed by atoms with Crippen molar-refractivity contribution in [3.8, 4) is 11.5 Å². The number of non-ortho nitro benzene ring substituents is 1. The second-order valence-electron chi connectivity index (χ2n) is 4.50. The lowest BCUT2D eigenvalue weighted by Crippen LogP contribution is -2.19. The zero-order valence-electron chi connectivity index (χ0n) is 11.8. The molecule has 0 bridgehead atoms. The van der Waals surface area contributed by atoms with E-state index in [1.165, 1.54) is 48.5 Å². The Bertz CT molecular complexity index is 725. The van der Waals surface area contributed by atoms with Crippen LogP contribution in [-0.2, 0) is 9.59 Å². The fourth-order valence-corrected chi connectivity index (χ4v) is 1.68. The van der Waals surface area contributed by atoms with Crippen LogP contribution in [0.4, 0.5) is 11.4 Å². The molecule has 2 aromatic carbocycles. The maximum atomic E-state index is 11.7. The number of benzene rings is 2. The van der Waals surface area contributed by atoms with Crippen molar-refractivity contribution >= 4 is 23.3 Å². The van der Waals surface area contributed by atoms with Gasteiger partial charge >= 0.3 is 5.97 Å². The van der Waals surface area contributed by atoms with Crippen molar-refractivity contribution in [1.82, 2.24) is 0 Å². The molecule has 118 valence electrons. The Morgan fingerprint density at radius 3 is 2.26 bits per heavy atom. The Morgan fingerprint density at radius 2 is 1.70 bits per heavy atom. The molecular weight excluding hydrogens is 304 g/mol. The highest BCUT2D eigenvalue weighted by molar-refractivity contribution is 6.02. The first-order chi connectivity index (χ1) is 10.9. The first kappa shape index (κ1) is 16.0. The Morgan fingerprint density at radius 1 is 1.09 bits per heavy atom. The van der Waals surface area contributed by atoms with Crippen LogP contribution in [0.2, 0.25) is 0 Å². The Labute approximate surface area is 130 Å². The number of anilines is 1. The SMILES string of the molecule is O=C(CC(=O)Oc1ccc([N+](=O)[O-])cc1)Nc1ccc(O)cc1. The van der Waals surface area contributed by atoms with E-state index in [0.29, 0.717) is 5.69 Å². The summed E-state index contributed by atoms with van der Waals surface area (Å²) in [4.78, 5) is 33.2. The molecule has 0 saturated heterocycles. The Balaban J connectivity index is 1.87. The normalized spacial score (nSPS) is 9.91. The van der Waals surface area contributed by atoms with Crippen LogP contribution in [0, 0.1) is 10.1 Å². The number of nitro groups is 1. The summed E-state index contributed by atoms with van der Waals surface area (Å²) >= 11 is 0. The van der Waals surface area contributed by atoms with Crippen LogP contribution >= 0.6 is 0 Å². The first-order valence-electron chi connectivity index (χ1n) is 6.48. The molecule has 0 unspecified atom stereocenters. The van der Waals surface area contributed by atoms with E-state index in [-0.39, 0.29) is 17.2 Å². The van der Waals surface area contributed by atoms with Crippen molar-refractivity contribution < 1.29 is 24.4 Å². The molecule has 0 aliphatic carbocycles. The van der Waals surface area contributed by atoms with Gasteiger partial charge < -0.3 is 15.2 Å². The van der Waals surface area contributed by atoms with Crippen LogP contribution < -0.4 is 10.1 Å². The summed E-state index contributed by atoms with van der Waals surface area (Å²) in [5.41, 5.74) is 0.297. The van der Waals surface area contributed by atoms with Crippen molar-refractivity contribution in [1.29, 1.82) is 0 Å². The van der Waals surface area contributed by atoms with Gasteiger partial charge in [-0.1, -0.05) is 0 Å². The van der Waals surface area contributed by atoms with Gasteiger partial charge in [0.2, 0.25) is 5.91 Å². The molecular formula is C15H12N2O6. The van der Waals surface area contributed by atoms with E-state index in [1.807, 2.05) is 0 Å².